The fraction of sp³-hybridized carbons (Fsp3) is 0.333. The van der Waals surface area contributed by atoms with Gasteiger partial charge >= 0.3 is 5.69 Å². The van der Waals surface area contributed by atoms with E-state index in [0.29, 0.717) is 4.90 Å². The summed E-state index contributed by atoms with van der Waals surface area (Å²) in [5, 5.41) is 28.5. The smallest absolute Gasteiger partial charge is 0.305 e. The van der Waals surface area contributed by atoms with E-state index in [1.165, 1.54) is 6.07 Å². The number of thioether (sulfide) groups is 1. The number of para-hydroxylation sites is 1. The molecule has 0 amide bonds. The highest BCUT2D eigenvalue weighted by molar-refractivity contribution is 7.99. The maximum absolute atomic E-state index is 10.8. The summed E-state index contributed by atoms with van der Waals surface area (Å²) in [4.78, 5) is 10.6. The molecule has 1 aromatic rings. The summed E-state index contributed by atoms with van der Waals surface area (Å²) in [5.41, 5.74) is 5.43. The minimum atomic E-state index is -0.897. The number of hydrogen-bond acceptors (Lipinski definition) is 6. The van der Waals surface area contributed by atoms with Crippen molar-refractivity contribution >= 4 is 23.1 Å². The van der Waals surface area contributed by atoms with Crippen molar-refractivity contribution in [3.05, 3.63) is 28.3 Å². The lowest BCUT2D eigenvalue weighted by molar-refractivity contribution is -0.386. The van der Waals surface area contributed by atoms with Gasteiger partial charge in [-0.15, -0.1) is 11.8 Å². The van der Waals surface area contributed by atoms with Gasteiger partial charge in [-0.2, -0.15) is 0 Å². The van der Waals surface area contributed by atoms with Crippen LogP contribution in [0.25, 0.3) is 0 Å². The van der Waals surface area contributed by atoms with Crippen LogP contribution in [0.2, 0.25) is 0 Å². The standard InChI is InChI=1S/C9H12N2O4S/c10-7-2-1-3-8(9(7)11(14)15)16-5-6(13)4-12/h1-3,6,12-13H,4-5,10H2. The van der Waals surface area contributed by atoms with Gasteiger partial charge in [0.05, 0.1) is 22.5 Å². The van der Waals surface area contributed by atoms with Gasteiger partial charge in [-0.3, -0.25) is 10.1 Å². The van der Waals surface area contributed by atoms with Gasteiger partial charge in [-0.25, -0.2) is 0 Å². The van der Waals surface area contributed by atoms with Crippen molar-refractivity contribution in [3.8, 4) is 0 Å². The highest BCUT2D eigenvalue weighted by Gasteiger charge is 2.18. The Morgan fingerprint density at radius 1 is 1.56 bits per heavy atom. The van der Waals surface area contributed by atoms with Gasteiger partial charge in [0.1, 0.15) is 5.69 Å². The molecule has 0 saturated heterocycles. The molecule has 0 heterocycles. The number of hydrogen-bond donors (Lipinski definition) is 3. The van der Waals surface area contributed by atoms with Crippen LogP contribution >= 0.6 is 11.8 Å². The number of nitrogens with two attached hydrogens (primary N) is 1. The number of aliphatic hydroxyl groups is 2. The van der Waals surface area contributed by atoms with Crippen molar-refractivity contribution in [2.45, 2.75) is 11.0 Å². The molecule has 16 heavy (non-hydrogen) atoms. The number of benzene rings is 1. The van der Waals surface area contributed by atoms with E-state index in [9.17, 15) is 10.1 Å². The van der Waals surface area contributed by atoms with Crippen LogP contribution in [0.3, 0.4) is 0 Å². The fourth-order valence-electron chi connectivity index (χ4n) is 1.09. The number of rotatable bonds is 5. The van der Waals surface area contributed by atoms with Crippen LogP contribution in [-0.2, 0) is 0 Å². The second kappa shape index (κ2) is 5.69. The highest BCUT2D eigenvalue weighted by Crippen LogP contribution is 2.33. The molecule has 0 aliphatic heterocycles. The first-order valence-corrected chi connectivity index (χ1v) is 5.49. The number of anilines is 1. The molecule has 0 spiro atoms. The summed E-state index contributed by atoms with van der Waals surface area (Å²) >= 11 is 1.09. The number of nitro groups is 1. The SMILES string of the molecule is Nc1cccc(SCC(O)CO)c1[N+](=O)[O-]. The quantitative estimate of drug-likeness (QED) is 0.303. The Kier molecular flexibility index (Phi) is 4.53. The molecular formula is C9H12N2O4S. The number of nitrogen functional groups attached to an aromatic ring is 1. The van der Waals surface area contributed by atoms with Crippen molar-refractivity contribution < 1.29 is 15.1 Å². The maximum Gasteiger partial charge on any atom is 0.305 e. The third-order valence-corrected chi connectivity index (χ3v) is 3.05. The van der Waals surface area contributed by atoms with E-state index in [-0.39, 0.29) is 23.7 Å². The molecule has 1 unspecified atom stereocenters. The predicted molar refractivity (Wildman–Crippen MR) is 61.3 cm³/mol. The summed E-state index contributed by atoms with van der Waals surface area (Å²) in [6.07, 6.45) is -0.897. The van der Waals surface area contributed by atoms with Gasteiger partial charge < -0.3 is 15.9 Å². The molecule has 7 heteroatoms. The zero-order chi connectivity index (χ0) is 12.1. The Bertz CT molecular complexity index is 386. The highest BCUT2D eigenvalue weighted by atomic mass is 32.2. The molecule has 1 aromatic carbocycles. The first-order valence-electron chi connectivity index (χ1n) is 4.51. The minimum absolute atomic E-state index is 0.0912. The normalized spacial score (nSPS) is 12.4. The molecule has 1 atom stereocenters. The lowest BCUT2D eigenvalue weighted by atomic mass is 10.3. The lowest BCUT2D eigenvalue weighted by Crippen LogP contribution is -2.14. The van der Waals surface area contributed by atoms with Crippen LogP contribution in [0.15, 0.2) is 23.1 Å². The summed E-state index contributed by atoms with van der Waals surface area (Å²) in [7, 11) is 0. The monoisotopic (exact) mass is 244 g/mol. The molecular weight excluding hydrogens is 232 g/mol. The zero-order valence-electron chi connectivity index (χ0n) is 8.37. The Hall–Kier alpha value is -1.31. The average Bonchev–Trinajstić information content (AvgIpc) is 2.25. The molecule has 0 aliphatic carbocycles. The lowest BCUT2D eigenvalue weighted by Gasteiger charge is -2.07. The van der Waals surface area contributed by atoms with E-state index in [4.69, 9.17) is 15.9 Å². The Morgan fingerprint density at radius 3 is 2.81 bits per heavy atom. The number of nitrogens with zero attached hydrogens (tertiary/aromatic N) is 1. The van der Waals surface area contributed by atoms with Crippen LogP contribution in [0.5, 0.6) is 0 Å². The number of nitro benzene ring substituents is 1. The van der Waals surface area contributed by atoms with Crippen molar-refractivity contribution in [1.82, 2.24) is 0 Å². The van der Waals surface area contributed by atoms with E-state index in [0.717, 1.165) is 11.8 Å². The Balaban J connectivity index is 2.87. The van der Waals surface area contributed by atoms with Crippen molar-refractivity contribution in [2.75, 3.05) is 18.1 Å². The van der Waals surface area contributed by atoms with Gasteiger partial charge in [0.15, 0.2) is 0 Å². The predicted octanol–water partition coefficient (Wildman–Crippen LogP) is 0.622. The molecule has 0 aromatic heterocycles. The summed E-state index contributed by atoms with van der Waals surface area (Å²) in [5.74, 6) is 0.181. The maximum atomic E-state index is 10.8. The van der Waals surface area contributed by atoms with Crippen LogP contribution in [0, 0.1) is 10.1 Å². The van der Waals surface area contributed by atoms with Crippen LogP contribution < -0.4 is 5.73 Å². The van der Waals surface area contributed by atoms with E-state index in [1.807, 2.05) is 0 Å². The molecule has 0 bridgehead atoms. The molecule has 0 aliphatic rings. The van der Waals surface area contributed by atoms with Crippen LogP contribution in [0.1, 0.15) is 0 Å². The average molecular weight is 244 g/mol. The van der Waals surface area contributed by atoms with Crippen molar-refractivity contribution in [2.24, 2.45) is 0 Å². The van der Waals surface area contributed by atoms with Crippen molar-refractivity contribution in [3.63, 3.8) is 0 Å². The second-order valence-corrected chi connectivity index (χ2v) is 4.16. The molecule has 88 valence electrons. The molecule has 6 nitrogen and oxygen atoms in total. The van der Waals surface area contributed by atoms with Gasteiger partial charge in [0, 0.05) is 5.75 Å². The third-order valence-electron chi connectivity index (χ3n) is 1.85. The molecule has 1 rings (SSSR count). The topological polar surface area (TPSA) is 110 Å². The third kappa shape index (κ3) is 3.09. The fourth-order valence-corrected chi connectivity index (χ4v) is 2.07. The Labute approximate surface area is 96.2 Å². The number of aliphatic hydroxyl groups excluding tert-OH is 2. The van der Waals surface area contributed by atoms with Crippen molar-refractivity contribution in [1.29, 1.82) is 0 Å². The van der Waals surface area contributed by atoms with Gasteiger partial charge in [0.25, 0.3) is 0 Å². The molecule has 0 radical (unpaired) electrons. The van der Waals surface area contributed by atoms with E-state index in [1.54, 1.807) is 12.1 Å². The van der Waals surface area contributed by atoms with Gasteiger partial charge in [-0.1, -0.05) is 6.07 Å². The van der Waals surface area contributed by atoms with E-state index in [2.05, 4.69) is 0 Å². The minimum Gasteiger partial charge on any atom is -0.394 e. The van der Waals surface area contributed by atoms with Crippen LogP contribution in [0.4, 0.5) is 11.4 Å². The molecule has 0 saturated carbocycles. The first kappa shape index (κ1) is 12.8. The summed E-state index contributed by atoms with van der Waals surface area (Å²) in [6.45, 7) is -0.372. The molecule has 0 fully saturated rings. The zero-order valence-corrected chi connectivity index (χ0v) is 9.18. The summed E-state index contributed by atoms with van der Waals surface area (Å²) in [6, 6.07) is 4.61. The molecule has 4 N–H and O–H groups in total. The van der Waals surface area contributed by atoms with E-state index < -0.39 is 11.0 Å². The Morgan fingerprint density at radius 2 is 2.25 bits per heavy atom. The van der Waals surface area contributed by atoms with Gasteiger partial charge in [-0.05, 0) is 12.1 Å². The first-order chi connectivity index (χ1) is 7.56. The second-order valence-electron chi connectivity index (χ2n) is 3.10. The van der Waals surface area contributed by atoms with Gasteiger partial charge in [0.2, 0.25) is 0 Å². The van der Waals surface area contributed by atoms with Crippen LogP contribution in [-0.4, -0.2) is 33.6 Å². The largest absolute Gasteiger partial charge is 0.394 e. The summed E-state index contributed by atoms with van der Waals surface area (Å²) < 4.78 is 0. The van der Waals surface area contributed by atoms with E-state index >= 15 is 0 Å².